The molecule has 128 valence electrons. The van der Waals surface area contributed by atoms with Crippen molar-refractivity contribution in [2.24, 2.45) is 0 Å². The lowest BCUT2D eigenvalue weighted by atomic mass is 10.2. The van der Waals surface area contributed by atoms with E-state index in [2.05, 4.69) is 5.32 Å². The number of nitrogens with one attached hydrogen (secondary N) is 1. The van der Waals surface area contributed by atoms with Crippen LogP contribution in [-0.4, -0.2) is 51.0 Å². The third kappa shape index (κ3) is 4.09. The molecule has 24 heavy (non-hydrogen) atoms. The summed E-state index contributed by atoms with van der Waals surface area (Å²) >= 11 is 0. The first kappa shape index (κ1) is 16.0. The monoisotopic (exact) mass is 335 g/mol. The molecule has 0 saturated heterocycles. The molecule has 0 aromatic heterocycles. The van der Waals surface area contributed by atoms with Crippen LogP contribution in [0.3, 0.4) is 0 Å². The van der Waals surface area contributed by atoms with E-state index in [1.165, 1.54) is 6.26 Å². The van der Waals surface area contributed by atoms with Gasteiger partial charge in [-0.15, -0.1) is 0 Å². The van der Waals surface area contributed by atoms with E-state index < -0.39 is 18.5 Å². The Morgan fingerprint density at radius 1 is 1.17 bits per heavy atom. The number of ether oxygens (including phenoxy) is 5. The van der Waals surface area contributed by atoms with Gasteiger partial charge in [0.25, 0.3) is 5.91 Å². The fraction of sp³-hybridized carbons (Fsp3) is 0.375. The minimum Gasteiger partial charge on any atom is -0.493 e. The molecule has 0 bridgehead atoms. The third-order valence-corrected chi connectivity index (χ3v) is 3.28. The van der Waals surface area contributed by atoms with Crippen molar-refractivity contribution in [3.63, 3.8) is 0 Å². The Morgan fingerprint density at radius 3 is 2.79 bits per heavy atom. The lowest BCUT2D eigenvalue weighted by Crippen LogP contribution is -2.42. The van der Waals surface area contributed by atoms with Crippen LogP contribution >= 0.6 is 0 Å². The summed E-state index contributed by atoms with van der Waals surface area (Å²) in [6.45, 7) is 0.809. The van der Waals surface area contributed by atoms with Crippen molar-refractivity contribution in [1.29, 1.82) is 0 Å². The molecule has 3 rings (SSSR count). The molecule has 8 heteroatoms. The van der Waals surface area contributed by atoms with E-state index in [-0.39, 0.29) is 25.0 Å². The van der Waals surface area contributed by atoms with E-state index in [0.29, 0.717) is 24.7 Å². The second-order valence-electron chi connectivity index (χ2n) is 5.08. The van der Waals surface area contributed by atoms with Crippen molar-refractivity contribution in [2.75, 3.05) is 33.0 Å². The summed E-state index contributed by atoms with van der Waals surface area (Å²) < 4.78 is 26.1. The topological polar surface area (TPSA) is 92.3 Å². The van der Waals surface area contributed by atoms with Gasteiger partial charge in [0, 0.05) is 0 Å². The smallest absolute Gasteiger partial charge is 0.377 e. The average Bonchev–Trinajstić information content (AvgIpc) is 2.65. The van der Waals surface area contributed by atoms with Crippen LogP contribution < -0.4 is 14.8 Å². The number of hydrogen-bond acceptors (Lipinski definition) is 7. The van der Waals surface area contributed by atoms with Crippen molar-refractivity contribution < 1.29 is 33.3 Å². The predicted octanol–water partition coefficient (Wildman–Crippen LogP) is 0.374. The Bertz CT molecular complexity index is 643. The first-order valence-corrected chi connectivity index (χ1v) is 7.49. The van der Waals surface area contributed by atoms with E-state index in [4.69, 9.17) is 23.7 Å². The van der Waals surface area contributed by atoms with Crippen LogP contribution in [0.4, 0.5) is 0 Å². The summed E-state index contributed by atoms with van der Waals surface area (Å²) in [7, 11) is 0. The van der Waals surface area contributed by atoms with Crippen LogP contribution in [0, 0.1) is 0 Å². The molecule has 2 heterocycles. The van der Waals surface area contributed by atoms with Crippen LogP contribution in [0.15, 0.2) is 36.3 Å². The molecule has 1 aromatic carbocycles. The van der Waals surface area contributed by atoms with Gasteiger partial charge < -0.3 is 29.0 Å². The van der Waals surface area contributed by atoms with Gasteiger partial charge in [0.2, 0.25) is 5.76 Å². The molecule has 2 aliphatic heterocycles. The Labute approximate surface area is 138 Å². The predicted molar refractivity (Wildman–Crippen MR) is 80.3 cm³/mol. The Hall–Kier alpha value is -2.90. The largest absolute Gasteiger partial charge is 0.493 e. The highest BCUT2D eigenvalue weighted by Gasteiger charge is 2.22. The fourth-order valence-corrected chi connectivity index (χ4v) is 2.12. The van der Waals surface area contributed by atoms with Gasteiger partial charge in [-0.3, -0.25) is 4.79 Å². The number of fused-ring (bicyclic) bond motifs is 1. The maximum atomic E-state index is 11.7. The zero-order valence-electron chi connectivity index (χ0n) is 12.9. The van der Waals surface area contributed by atoms with Gasteiger partial charge >= 0.3 is 5.97 Å². The van der Waals surface area contributed by atoms with Crippen molar-refractivity contribution in [2.45, 2.75) is 6.10 Å². The average molecular weight is 335 g/mol. The number of para-hydroxylation sites is 2. The molecule has 0 saturated carbocycles. The molecule has 0 radical (unpaired) electrons. The lowest BCUT2D eigenvalue weighted by Gasteiger charge is -2.26. The minimum absolute atomic E-state index is 0.0466. The van der Waals surface area contributed by atoms with E-state index in [0.717, 1.165) is 0 Å². The number of carbonyl (C=O) groups is 2. The molecule has 2 aliphatic rings. The SMILES string of the molecule is O=C(COC(=O)C1=COCCO1)NC[C@H]1COc2ccccc2O1. The van der Waals surface area contributed by atoms with Crippen LogP contribution in [0.25, 0.3) is 0 Å². The highest BCUT2D eigenvalue weighted by atomic mass is 16.6. The molecule has 0 spiro atoms. The molecule has 0 aliphatic carbocycles. The first-order valence-electron chi connectivity index (χ1n) is 7.49. The fourth-order valence-electron chi connectivity index (χ4n) is 2.12. The maximum absolute atomic E-state index is 11.7. The summed E-state index contributed by atoms with van der Waals surface area (Å²) in [6, 6.07) is 7.31. The van der Waals surface area contributed by atoms with Crippen LogP contribution in [-0.2, 0) is 23.8 Å². The zero-order chi connectivity index (χ0) is 16.8. The van der Waals surface area contributed by atoms with Gasteiger partial charge in [0.05, 0.1) is 6.54 Å². The molecule has 8 nitrogen and oxygen atoms in total. The normalized spacial score (nSPS) is 18.5. The molecule has 1 atom stereocenters. The van der Waals surface area contributed by atoms with Crippen molar-refractivity contribution in [3.8, 4) is 11.5 Å². The number of benzene rings is 1. The molecule has 1 amide bonds. The van der Waals surface area contributed by atoms with Crippen molar-refractivity contribution >= 4 is 11.9 Å². The Morgan fingerprint density at radius 2 is 2.00 bits per heavy atom. The lowest BCUT2D eigenvalue weighted by molar-refractivity contribution is -0.149. The highest BCUT2D eigenvalue weighted by molar-refractivity contribution is 5.88. The third-order valence-electron chi connectivity index (χ3n) is 3.28. The van der Waals surface area contributed by atoms with Gasteiger partial charge in [-0.05, 0) is 12.1 Å². The van der Waals surface area contributed by atoms with Crippen molar-refractivity contribution in [3.05, 3.63) is 36.3 Å². The number of esters is 1. The summed E-state index contributed by atoms with van der Waals surface area (Å²) in [6.07, 6.45) is 0.867. The Kier molecular flexibility index (Phi) is 5.05. The van der Waals surface area contributed by atoms with Crippen molar-refractivity contribution in [1.82, 2.24) is 5.32 Å². The van der Waals surface area contributed by atoms with Crippen LogP contribution in [0.2, 0.25) is 0 Å². The molecular weight excluding hydrogens is 318 g/mol. The molecule has 0 fully saturated rings. The number of carbonyl (C=O) groups excluding carboxylic acids is 2. The van der Waals surface area contributed by atoms with E-state index in [1.54, 1.807) is 6.07 Å². The van der Waals surface area contributed by atoms with Gasteiger partial charge in [0.1, 0.15) is 32.2 Å². The molecule has 1 N–H and O–H groups in total. The van der Waals surface area contributed by atoms with E-state index >= 15 is 0 Å². The van der Waals surface area contributed by atoms with Gasteiger partial charge in [-0.1, -0.05) is 12.1 Å². The second kappa shape index (κ2) is 7.58. The maximum Gasteiger partial charge on any atom is 0.377 e. The summed E-state index contributed by atoms with van der Waals surface area (Å²) in [5, 5.41) is 2.63. The zero-order valence-corrected chi connectivity index (χ0v) is 12.9. The second-order valence-corrected chi connectivity index (χ2v) is 5.08. The quantitative estimate of drug-likeness (QED) is 0.777. The molecule has 1 aromatic rings. The highest BCUT2D eigenvalue weighted by Crippen LogP contribution is 2.30. The number of rotatable bonds is 5. The van der Waals surface area contributed by atoms with Crippen LogP contribution in [0.1, 0.15) is 0 Å². The van der Waals surface area contributed by atoms with Gasteiger partial charge in [0.15, 0.2) is 18.1 Å². The van der Waals surface area contributed by atoms with Gasteiger partial charge in [-0.2, -0.15) is 0 Å². The summed E-state index contributed by atoms with van der Waals surface area (Å²) in [5.74, 6) is 0.0848. The summed E-state index contributed by atoms with van der Waals surface area (Å²) in [4.78, 5) is 23.4. The Balaban J connectivity index is 1.38. The van der Waals surface area contributed by atoms with Crippen LogP contribution in [0.5, 0.6) is 11.5 Å². The number of amides is 1. The molecular formula is C16H17NO7. The van der Waals surface area contributed by atoms with E-state index in [9.17, 15) is 9.59 Å². The van der Waals surface area contributed by atoms with Gasteiger partial charge in [-0.25, -0.2) is 4.79 Å². The standard InChI is InChI=1S/C16H17NO7/c18-15(10-23-16(19)14-9-20-5-6-21-14)17-7-11-8-22-12-3-1-2-4-13(12)24-11/h1-4,9,11H,5-8,10H2,(H,17,18)/t11-/m0/s1. The number of hydrogen-bond donors (Lipinski definition) is 1. The first-order chi connectivity index (χ1) is 11.7. The van der Waals surface area contributed by atoms with E-state index in [1.807, 2.05) is 18.2 Å². The molecule has 0 unspecified atom stereocenters. The summed E-state index contributed by atoms with van der Waals surface area (Å²) in [5.41, 5.74) is 0. The minimum atomic E-state index is -0.740.